The van der Waals surface area contributed by atoms with E-state index in [-0.39, 0.29) is 24.0 Å². The maximum absolute atomic E-state index is 4.41. The Hall–Kier alpha value is -0.0200. The molecule has 0 aromatic carbocycles. The molecule has 0 radical (unpaired) electrons. The molecule has 21 heavy (non-hydrogen) atoms. The van der Waals surface area contributed by atoms with Gasteiger partial charge in [-0.25, -0.2) is 4.98 Å². The van der Waals surface area contributed by atoms with Crippen LogP contribution in [0, 0.1) is 5.92 Å². The average Bonchev–Trinajstić information content (AvgIpc) is 2.96. The highest BCUT2D eigenvalue weighted by molar-refractivity contribution is 14.0. The molecule has 0 spiro atoms. The van der Waals surface area contributed by atoms with Crippen LogP contribution in [0.25, 0.3) is 0 Å². The zero-order valence-corrected chi connectivity index (χ0v) is 16.7. The zero-order chi connectivity index (χ0) is 14.2. The number of thiazole rings is 1. The summed E-state index contributed by atoms with van der Waals surface area (Å²) in [5.74, 6) is 2.95. The van der Waals surface area contributed by atoms with E-state index in [2.05, 4.69) is 27.1 Å². The largest absolute Gasteiger partial charge is 0.356 e. The van der Waals surface area contributed by atoms with Crippen molar-refractivity contribution in [3.63, 3.8) is 0 Å². The van der Waals surface area contributed by atoms with Crippen molar-refractivity contribution >= 4 is 53.0 Å². The van der Waals surface area contributed by atoms with E-state index in [1.807, 2.05) is 30.4 Å². The van der Waals surface area contributed by atoms with Gasteiger partial charge >= 0.3 is 0 Å². The monoisotopic (exact) mass is 440 g/mol. The van der Waals surface area contributed by atoms with Crippen LogP contribution in [0.4, 0.5) is 0 Å². The fourth-order valence-electron chi connectivity index (χ4n) is 2.43. The molecule has 1 aromatic rings. The molecule has 1 saturated heterocycles. The molecule has 0 amide bonds. The Balaban J connectivity index is 0.00000220. The Labute approximate surface area is 153 Å². The fourth-order valence-corrected chi connectivity index (χ4v) is 4.07. The molecule has 2 heterocycles. The van der Waals surface area contributed by atoms with Crippen molar-refractivity contribution < 1.29 is 0 Å². The van der Waals surface area contributed by atoms with Crippen LogP contribution in [-0.4, -0.2) is 48.3 Å². The fraction of sp³-hybridized carbons (Fsp3) is 0.714. The number of piperidine rings is 1. The van der Waals surface area contributed by atoms with E-state index < -0.39 is 0 Å². The van der Waals surface area contributed by atoms with E-state index in [1.165, 1.54) is 17.2 Å². The Kier molecular flexibility index (Phi) is 9.66. The van der Waals surface area contributed by atoms with Gasteiger partial charge in [-0.05, 0) is 25.2 Å². The summed E-state index contributed by atoms with van der Waals surface area (Å²) in [6, 6.07) is 0. The molecule has 7 heteroatoms. The number of rotatable bonds is 5. The normalized spacial score (nSPS) is 19.2. The van der Waals surface area contributed by atoms with E-state index in [9.17, 15) is 0 Å². The number of guanidine groups is 1. The van der Waals surface area contributed by atoms with Crippen LogP contribution in [-0.2, 0) is 0 Å². The Bertz CT molecular complexity index is 411. The second-order valence-corrected chi connectivity index (χ2v) is 7.40. The van der Waals surface area contributed by atoms with Crippen LogP contribution in [0.3, 0.4) is 0 Å². The molecule has 0 saturated carbocycles. The number of thioether (sulfide) groups is 1. The minimum absolute atomic E-state index is 0. The third kappa shape index (κ3) is 6.73. The third-order valence-corrected chi connectivity index (χ3v) is 5.46. The van der Waals surface area contributed by atoms with Crippen LogP contribution >= 0.6 is 47.1 Å². The van der Waals surface area contributed by atoms with Gasteiger partial charge in [-0.3, -0.25) is 4.99 Å². The smallest absolute Gasteiger partial charge is 0.193 e. The van der Waals surface area contributed by atoms with Crippen LogP contribution in [0.5, 0.6) is 0 Å². The summed E-state index contributed by atoms with van der Waals surface area (Å²) in [4.78, 5) is 11.1. The SMILES string of the molecule is CN=C(NCCCSc1nccs1)N1CCCC(C)C1.I. The number of aliphatic imine (C=N–C) groups is 1. The lowest BCUT2D eigenvalue weighted by atomic mass is 10.0. The molecular weight excluding hydrogens is 415 g/mol. The third-order valence-electron chi connectivity index (χ3n) is 3.41. The standard InChI is InChI=1S/C14H24N4S2.HI/c1-12-5-3-8-18(11-12)13(15-2)16-6-4-9-19-14-17-7-10-20-14;/h7,10,12H,3-6,8-9,11H2,1-2H3,(H,15,16);1H. The van der Waals surface area contributed by atoms with Crippen molar-refractivity contribution in [2.75, 3.05) is 32.4 Å². The quantitative estimate of drug-likeness (QED) is 0.250. The number of halogens is 1. The summed E-state index contributed by atoms with van der Waals surface area (Å²) < 4.78 is 1.17. The molecular formula is C14H25IN4S2. The number of nitrogens with one attached hydrogen (secondary N) is 1. The van der Waals surface area contributed by atoms with Crippen LogP contribution in [0.1, 0.15) is 26.2 Å². The lowest BCUT2D eigenvalue weighted by Crippen LogP contribution is -2.46. The molecule has 4 nitrogen and oxygen atoms in total. The summed E-state index contributed by atoms with van der Waals surface area (Å²) in [7, 11) is 1.88. The van der Waals surface area contributed by atoms with Gasteiger partial charge in [0.2, 0.25) is 0 Å². The predicted octanol–water partition coefficient (Wildman–Crippen LogP) is 3.55. The van der Waals surface area contributed by atoms with Crippen molar-refractivity contribution in [2.24, 2.45) is 10.9 Å². The molecule has 1 aliphatic heterocycles. The second kappa shape index (κ2) is 10.7. The Morgan fingerprint density at radius 3 is 3.14 bits per heavy atom. The van der Waals surface area contributed by atoms with Gasteiger partial charge in [-0.1, -0.05) is 18.7 Å². The van der Waals surface area contributed by atoms with E-state index in [1.54, 1.807) is 11.3 Å². The number of aromatic nitrogens is 1. The van der Waals surface area contributed by atoms with Gasteiger partial charge in [0.05, 0.1) is 0 Å². The molecule has 1 aromatic heterocycles. The summed E-state index contributed by atoms with van der Waals surface area (Å²) >= 11 is 3.55. The minimum atomic E-state index is 0. The molecule has 0 aliphatic carbocycles. The number of nitrogens with zero attached hydrogens (tertiary/aromatic N) is 3. The summed E-state index contributed by atoms with van der Waals surface area (Å²) in [5.41, 5.74) is 0. The summed E-state index contributed by atoms with van der Waals surface area (Å²) in [6.07, 6.45) is 5.62. The topological polar surface area (TPSA) is 40.5 Å². The maximum atomic E-state index is 4.41. The first-order valence-electron chi connectivity index (χ1n) is 7.27. The number of likely N-dealkylation sites (tertiary alicyclic amines) is 1. The lowest BCUT2D eigenvalue weighted by molar-refractivity contribution is 0.266. The van der Waals surface area contributed by atoms with Crippen LogP contribution < -0.4 is 5.32 Å². The van der Waals surface area contributed by atoms with Gasteiger partial charge in [-0.15, -0.1) is 35.3 Å². The molecule has 1 atom stereocenters. The van der Waals surface area contributed by atoms with Crippen LogP contribution in [0.15, 0.2) is 20.9 Å². The first-order chi connectivity index (χ1) is 9.79. The minimum Gasteiger partial charge on any atom is -0.356 e. The second-order valence-electron chi connectivity index (χ2n) is 5.17. The molecule has 2 rings (SSSR count). The van der Waals surface area contributed by atoms with E-state index >= 15 is 0 Å². The summed E-state index contributed by atoms with van der Waals surface area (Å²) in [5, 5.41) is 5.51. The highest BCUT2D eigenvalue weighted by Crippen LogP contribution is 2.20. The molecule has 0 bridgehead atoms. The van der Waals surface area contributed by atoms with Gasteiger partial charge in [0, 0.05) is 44.0 Å². The Morgan fingerprint density at radius 2 is 2.48 bits per heavy atom. The van der Waals surface area contributed by atoms with Crippen molar-refractivity contribution in [2.45, 2.75) is 30.5 Å². The van der Waals surface area contributed by atoms with Crippen molar-refractivity contribution in [1.82, 2.24) is 15.2 Å². The van der Waals surface area contributed by atoms with Crippen molar-refractivity contribution in [1.29, 1.82) is 0 Å². The number of hydrogen-bond donors (Lipinski definition) is 1. The first kappa shape index (κ1) is 19.0. The highest BCUT2D eigenvalue weighted by Gasteiger charge is 2.18. The van der Waals surface area contributed by atoms with Gasteiger partial charge in [-0.2, -0.15) is 0 Å². The number of hydrogen-bond acceptors (Lipinski definition) is 4. The predicted molar refractivity (Wildman–Crippen MR) is 104 cm³/mol. The lowest BCUT2D eigenvalue weighted by Gasteiger charge is -2.33. The zero-order valence-electron chi connectivity index (χ0n) is 12.7. The van der Waals surface area contributed by atoms with Gasteiger partial charge in [0.15, 0.2) is 5.96 Å². The van der Waals surface area contributed by atoms with Crippen LogP contribution in [0.2, 0.25) is 0 Å². The van der Waals surface area contributed by atoms with E-state index in [0.29, 0.717) is 0 Å². The van der Waals surface area contributed by atoms with Crippen molar-refractivity contribution in [3.8, 4) is 0 Å². The first-order valence-corrected chi connectivity index (χ1v) is 9.14. The van der Waals surface area contributed by atoms with Crippen molar-refractivity contribution in [3.05, 3.63) is 11.6 Å². The van der Waals surface area contributed by atoms with E-state index in [4.69, 9.17) is 0 Å². The van der Waals surface area contributed by atoms with Gasteiger partial charge in [0.1, 0.15) is 4.34 Å². The molecule has 1 unspecified atom stereocenters. The molecule has 1 fully saturated rings. The molecule has 1 N–H and O–H groups in total. The average molecular weight is 440 g/mol. The highest BCUT2D eigenvalue weighted by atomic mass is 127. The van der Waals surface area contributed by atoms with E-state index in [0.717, 1.165) is 43.7 Å². The Morgan fingerprint density at radius 1 is 1.62 bits per heavy atom. The summed E-state index contributed by atoms with van der Waals surface area (Å²) in [6.45, 7) is 5.57. The molecule has 120 valence electrons. The molecule has 1 aliphatic rings. The maximum Gasteiger partial charge on any atom is 0.193 e. The van der Waals surface area contributed by atoms with Gasteiger partial charge in [0.25, 0.3) is 0 Å². The van der Waals surface area contributed by atoms with Gasteiger partial charge < -0.3 is 10.2 Å².